The summed E-state index contributed by atoms with van der Waals surface area (Å²) >= 11 is 0. The van der Waals surface area contributed by atoms with Crippen LogP contribution < -0.4 is 5.32 Å². The highest BCUT2D eigenvalue weighted by Gasteiger charge is 2.44. The van der Waals surface area contributed by atoms with Gasteiger partial charge in [-0.1, -0.05) is 288 Å². The van der Waals surface area contributed by atoms with Crippen LogP contribution in [0.25, 0.3) is 0 Å². The number of unbranched alkanes of at least 4 members (excludes halogenated alkanes) is 39. The topological polar surface area (TPSA) is 149 Å². The number of aliphatic hydroxyl groups excluding tert-OH is 5. The molecule has 0 aromatic heterocycles. The van der Waals surface area contributed by atoms with E-state index in [0.29, 0.717) is 12.8 Å². The number of carbonyl (C=O) groups excluding carboxylic acids is 1. The number of amides is 1. The summed E-state index contributed by atoms with van der Waals surface area (Å²) in [5.41, 5.74) is 0. The molecule has 1 aliphatic rings. The molecule has 0 spiro atoms. The highest BCUT2D eigenvalue weighted by molar-refractivity contribution is 5.76. The van der Waals surface area contributed by atoms with Crippen LogP contribution in [0, 0.1) is 0 Å². The minimum Gasteiger partial charge on any atom is -0.394 e. The molecule has 0 aromatic carbocycles. The monoisotopic (exact) mass is 1030 g/mol. The summed E-state index contributed by atoms with van der Waals surface area (Å²) in [7, 11) is 0. The Morgan fingerprint density at radius 3 is 1.19 bits per heavy atom. The summed E-state index contributed by atoms with van der Waals surface area (Å²) < 4.78 is 11.3. The van der Waals surface area contributed by atoms with Gasteiger partial charge >= 0.3 is 0 Å². The van der Waals surface area contributed by atoms with Crippen LogP contribution in [-0.4, -0.2) is 87.5 Å². The molecule has 0 aliphatic carbocycles. The number of aliphatic hydroxyl groups is 5. The van der Waals surface area contributed by atoms with E-state index in [4.69, 9.17) is 9.47 Å². The number of rotatable bonds is 55. The second kappa shape index (κ2) is 53.8. The highest BCUT2D eigenvalue weighted by Crippen LogP contribution is 2.23. The summed E-state index contributed by atoms with van der Waals surface area (Å²) in [5, 5.41) is 54.8. The van der Waals surface area contributed by atoms with Gasteiger partial charge in [0.25, 0.3) is 0 Å². The van der Waals surface area contributed by atoms with Gasteiger partial charge in [-0.25, -0.2) is 0 Å². The smallest absolute Gasteiger partial charge is 0.220 e. The maximum atomic E-state index is 13.1. The van der Waals surface area contributed by atoms with Crippen molar-refractivity contribution in [2.75, 3.05) is 13.2 Å². The molecule has 1 fully saturated rings. The molecule has 6 N–H and O–H groups in total. The zero-order valence-corrected chi connectivity index (χ0v) is 47.9. The highest BCUT2D eigenvalue weighted by atomic mass is 16.7. The molecule has 0 saturated carbocycles. The molecule has 1 saturated heterocycles. The van der Waals surface area contributed by atoms with Gasteiger partial charge in [-0.15, -0.1) is 0 Å². The van der Waals surface area contributed by atoms with E-state index in [9.17, 15) is 30.3 Å². The molecule has 9 nitrogen and oxygen atoms in total. The van der Waals surface area contributed by atoms with Crippen LogP contribution in [0.4, 0.5) is 0 Å². The average molecular weight is 1030 g/mol. The molecule has 1 amide bonds. The van der Waals surface area contributed by atoms with Gasteiger partial charge in [-0.05, 0) is 51.4 Å². The number of hydrogen-bond donors (Lipinski definition) is 6. The third-order valence-electron chi connectivity index (χ3n) is 15.2. The van der Waals surface area contributed by atoms with Crippen LogP contribution in [0.15, 0.2) is 36.5 Å². The van der Waals surface area contributed by atoms with E-state index in [2.05, 4.69) is 55.6 Å². The van der Waals surface area contributed by atoms with Crippen LogP contribution in [0.1, 0.15) is 309 Å². The zero-order valence-electron chi connectivity index (χ0n) is 47.9. The van der Waals surface area contributed by atoms with Gasteiger partial charge in [0.15, 0.2) is 6.29 Å². The third kappa shape index (κ3) is 43.1. The van der Waals surface area contributed by atoms with Crippen LogP contribution in [-0.2, 0) is 14.3 Å². The lowest BCUT2D eigenvalue weighted by Crippen LogP contribution is -2.60. The Morgan fingerprint density at radius 2 is 0.808 bits per heavy atom. The lowest BCUT2D eigenvalue weighted by Gasteiger charge is -2.40. The maximum Gasteiger partial charge on any atom is 0.220 e. The second-order valence-electron chi connectivity index (χ2n) is 22.2. The van der Waals surface area contributed by atoms with Gasteiger partial charge in [-0.2, -0.15) is 0 Å². The van der Waals surface area contributed by atoms with Crippen LogP contribution in [0.2, 0.25) is 0 Å². The van der Waals surface area contributed by atoms with E-state index >= 15 is 0 Å². The molecule has 7 atom stereocenters. The predicted molar refractivity (Wildman–Crippen MR) is 309 cm³/mol. The fraction of sp³-hybridized carbons (Fsp3) is 0.891. The minimum atomic E-state index is -1.56. The SMILES string of the molecule is CCCCCCC/C=C\C/C=C\C/C=C\CCCCCCCCCCC(=O)NC(COC1OC(CO)C(O)C(O)C1O)C(O)CCCCCCCCCCCCCCCCCCCCCCCCCCCCC. The summed E-state index contributed by atoms with van der Waals surface area (Å²) in [4.78, 5) is 13.1. The Hall–Kier alpha value is -1.59. The Kier molecular flexibility index (Phi) is 51.2. The summed E-state index contributed by atoms with van der Waals surface area (Å²) in [6.07, 6.45) is 63.2. The van der Waals surface area contributed by atoms with Gasteiger partial charge in [0.2, 0.25) is 5.91 Å². The fourth-order valence-electron chi connectivity index (χ4n) is 10.2. The Bertz CT molecular complexity index is 1240. The molecular weight excluding hydrogens is 911 g/mol. The van der Waals surface area contributed by atoms with Crippen molar-refractivity contribution < 1.29 is 39.8 Å². The summed E-state index contributed by atoms with van der Waals surface area (Å²) in [6.45, 7) is 3.86. The second-order valence-corrected chi connectivity index (χ2v) is 22.2. The van der Waals surface area contributed by atoms with Crippen molar-refractivity contribution in [3.05, 3.63) is 36.5 Å². The van der Waals surface area contributed by atoms with E-state index in [1.165, 1.54) is 225 Å². The average Bonchev–Trinajstić information content (AvgIpc) is 3.39. The zero-order chi connectivity index (χ0) is 52.9. The molecular formula is C64H121NO8. The standard InChI is InChI=1S/C64H121NO8/c1-3-5-7-9-11-13-15-17-19-21-23-25-27-28-29-30-32-33-35-37-39-41-43-45-47-49-51-53-58(67)57(56-72-64-63(71)62(70)61(69)59(55-66)73-64)65-60(68)54-52-50-48-46-44-42-40-38-36-34-31-26-24-22-20-18-16-14-12-10-8-6-4-2/h16,18,22,24,31,34,57-59,61-64,66-67,69-71H,3-15,17,19-21,23,25-30,32-33,35-56H2,1-2H3,(H,65,68)/b18-16-,24-22-,34-31-. The molecule has 7 unspecified atom stereocenters. The van der Waals surface area contributed by atoms with E-state index in [-0.39, 0.29) is 12.5 Å². The van der Waals surface area contributed by atoms with E-state index < -0.39 is 49.5 Å². The van der Waals surface area contributed by atoms with Crippen molar-refractivity contribution in [3.63, 3.8) is 0 Å². The van der Waals surface area contributed by atoms with E-state index in [1.54, 1.807) is 0 Å². The van der Waals surface area contributed by atoms with Gasteiger partial charge in [0.1, 0.15) is 24.4 Å². The van der Waals surface area contributed by atoms with Crippen molar-refractivity contribution in [3.8, 4) is 0 Å². The largest absolute Gasteiger partial charge is 0.394 e. The number of nitrogens with one attached hydrogen (secondary N) is 1. The van der Waals surface area contributed by atoms with Gasteiger partial charge in [-0.3, -0.25) is 4.79 Å². The summed E-state index contributed by atoms with van der Waals surface area (Å²) in [6, 6.07) is -0.725. The molecule has 0 radical (unpaired) electrons. The number of hydrogen-bond acceptors (Lipinski definition) is 8. The minimum absolute atomic E-state index is 0.140. The van der Waals surface area contributed by atoms with Crippen LogP contribution in [0.3, 0.4) is 0 Å². The molecule has 9 heteroatoms. The van der Waals surface area contributed by atoms with Gasteiger partial charge in [0.05, 0.1) is 25.4 Å². The van der Waals surface area contributed by atoms with Gasteiger partial charge < -0.3 is 40.3 Å². The van der Waals surface area contributed by atoms with Crippen molar-refractivity contribution in [1.82, 2.24) is 5.32 Å². The van der Waals surface area contributed by atoms with Crippen molar-refractivity contribution >= 4 is 5.91 Å². The number of ether oxygens (including phenoxy) is 2. The molecule has 73 heavy (non-hydrogen) atoms. The number of allylic oxidation sites excluding steroid dienone is 6. The molecule has 0 aromatic rings. The van der Waals surface area contributed by atoms with E-state index in [0.717, 1.165) is 57.8 Å². The first kappa shape index (κ1) is 69.4. The molecule has 430 valence electrons. The van der Waals surface area contributed by atoms with Crippen LogP contribution >= 0.6 is 0 Å². The van der Waals surface area contributed by atoms with Crippen molar-refractivity contribution in [2.24, 2.45) is 0 Å². The van der Waals surface area contributed by atoms with Crippen LogP contribution in [0.5, 0.6) is 0 Å². The molecule has 1 rings (SSSR count). The number of carbonyl (C=O) groups is 1. The first-order valence-electron chi connectivity index (χ1n) is 31.7. The summed E-state index contributed by atoms with van der Waals surface area (Å²) in [5.74, 6) is -0.148. The lowest BCUT2D eigenvalue weighted by molar-refractivity contribution is -0.302. The third-order valence-corrected chi connectivity index (χ3v) is 15.2. The quantitative estimate of drug-likeness (QED) is 0.0261. The molecule has 1 aliphatic heterocycles. The van der Waals surface area contributed by atoms with E-state index in [1.807, 2.05) is 0 Å². The Morgan fingerprint density at radius 1 is 0.466 bits per heavy atom. The predicted octanol–water partition coefficient (Wildman–Crippen LogP) is 16.3. The van der Waals surface area contributed by atoms with Gasteiger partial charge in [0, 0.05) is 6.42 Å². The van der Waals surface area contributed by atoms with Crippen molar-refractivity contribution in [2.45, 2.75) is 352 Å². The molecule has 0 bridgehead atoms. The van der Waals surface area contributed by atoms with Crippen molar-refractivity contribution in [1.29, 1.82) is 0 Å². The molecule has 1 heterocycles. The lowest BCUT2D eigenvalue weighted by atomic mass is 9.99. The first-order valence-corrected chi connectivity index (χ1v) is 31.7. The Labute approximate surface area is 451 Å². The fourth-order valence-corrected chi connectivity index (χ4v) is 10.2. The maximum absolute atomic E-state index is 13.1. The first-order chi connectivity index (χ1) is 35.8. The Balaban J connectivity index is 2.17. The normalized spacial score (nSPS) is 19.2.